The van der Waals surface area contributed by atoms with Gasteiger partial charge in [0.2, 0.25) is 5.91 Å². The van der Waals surface area contributed by atoms with Crippen molar-refractivity contribution in [1.82, 2.24) is 15.1 Å². The molecule has 8 nitrogen and oxygen atoms in total. The minimum Gasteiger partial charge on any atom is -0.449 e. The SMILES string of the molecule is Cc1nn(C)cc1CNC(=O)OCC1CCc2c(sc(NC(=O)CC(C)c3ccccc3)c2N)C1. The zero-order valence-electron chi connectivity index (χ0n) is 20.5. The van der Waals surface area contributed by atoms with Gasteiger partial charge in [-0.05, 0) is 49.1 Å². The first-order chi connectivity index (χ1) is 16.8. The molecule has 2 aromatic heterocycles. The number of alkyl carbamates (subject to hydrolysis) is 1. The van der Waals surface area contributed by atoms with Crippen molar-refractivity contribution in [3.05, 3.63) is 63.8 Å². The monoisotopic (exact) mass is 495 g/mol. The van der Waals surface area contributed by atoms with Crippen LogP contribution in [0.4, 0.5) is 15.5 Å². The fraction of sp³-hybridized carbons (Fsp3) is 0.423. The van der Waals surface area contributed by atoms with Crippen LogP contribution in [0.1, 0.15) is 52.9 Å². The molecule has 3 aromatic rings. The average molecular weight is 496 g/mol. The van der Waals surface area contributed by atoms with Gasteiger partial charge in [0.05, 0.1) is 18.0 Å². The molecular formula is C26H33N5O3S. The number of carbonyl (C=O) groups excluding carboxylic acids is 2. The Morgan fingerprint density at radius 1 is 1.31 bits per heavy atom. The number of rotatable bonds is 8. The summed E-state index contributed by atoms with van der Waals surface area (Å²) in [6, 6.07) is 10.0. The van der Waals surface area contributed by atoms with Gasteiger partial charge in [0.15, 0.2) is 0 Å². The highest BCUT2D eigenvalue weighted by Gasteiger charge is 2.26. The number of aryl methyl sites for hydroxylation is 2. The van der Waals surface area contributed by atoms with E-state index >= 15 is 0 Å². The zero-order valence-corrected chi connectivity index (χ0v) is 21.3. The number of amides is 2. The number of carbonyl (C=O) groups is 2. The summed E-state index contributed by atoms with van der Waals surface area (Å²) in [6.07, 6.45) is 4.36. The van der Waals surface area contributed by atoms with Gasteiger partial charge in [-0.2, -0.15) is 5.10 Å². The first-order valence-electron chi connectivity index (χ1n) is 11.9. The van der Waals surface area contributed by atoms with Crippen LogP contribution in [0.2, 0.25) is 0 Å². The number of ether oxygens (including phenoxy) is 1. The van der Waals surface area contributed by atoms with Crippen molar-refractivity contribution in [2.75, 3.05) is 17.7 Å². The van der Waals surface area contributed by atoms with Crippen molar-refractivity contribution >= 4 is 34.0 Å². The van der Waals surface area contributed by atoms with Crippen molar-refractivity contribution in [2.24, 2.45) is 13.0 Å². The fourth-order valence-corrected chi connectivity index (χ4v) is 5.80. The summed E-state index contributed by atoms with van der Waals surface area (Å²) in [4.78, 5) is 26.0. The molecule has 0 fully saturated rings. The van der Waals surface area contributed by atoms with Crippen LogP contribution < -0.4 is 16.4 Å². The second kappa shape index (κ2) is 10.9. The second-order valence-corrected chi connectivity index (χ2v) is 10.4. The molecule has 0 aliphatic heterocycles. The molecule has 1 aliphatic rings. The summed E-state index contributed by atoms with van der Waals surface area (Å²) < 4.78 is 7.21. The number of hydrogen-bond acceptors (Lipinski definition) is 6. The van der Waals surface area contributed by atoms with Crippen molar-refractivity contribution in [3.63, 3.8) is 0 Å². The topological polar surface area (TPSA) is 111 Å². The summed E-state index contributed by atoms with van der Waals surface area (Å²) in [6.45, 7) is 4.71. The summed E-state index contributed by atoms with van der Waals surface area (Å²) in [5.41, 5.74) is 11.2. The highest BCUT2D eigenvalue weighted by atomic mass is 32.1. The van der Waals surface area contributed by atoms with Crippen LogP contribution in [0.15, 0.2) is 36.5 Å². The Morgan fingerprint density at radius 3 is 2.80 bits per heavy atom. The highest BCUT2D eigenvalue weighted by molar-refractivity contribution is 7.17. The van der Waals surface area contributed by atoms with Gasteiger partial charge in [-0.25, -0.2) is 4.79 Å². The average Bonchev–Trinajstić information content (AvgIpc) is 3.33. The lowest BCUT2D eigenvalue weighted by atomic mass is 9.89. The Balaban J connectivity index is 1.26. The van der Waals surface area contributed by atoms with Gasteiger partial charge in [0, 0.05) is 36.7 Å². The van der Waals surface area contributed by atoms with Crippen molar-refractivity contribution in [2.45, 2.75) is 52.0 Å². The number of hydrogen-bond donors (Lipinski definition) is 3. The molecule has 2 unspecified atom stereocenters. The molecule has 0 saturated carbocycles. The minimum atomic E-state index is -0.426. The Kier molecular flexibility index (Phi) is 7.75. The van der Waals surface area contributed by atoms with E-state index < -0.39 is 6.09 Å². The molecule has 0 saturated heterocycles. The van der Waals surface area contributed by atoms with Gasteiger partial charge < -0.3 is 21.1 Å². The molecule has 0 bridgehead atoms. The molecule has 0 radical (unpaired) electrons. The maximum absolute atomic E-state index is 12.7. The van der Waals surface area contributed by atoms with Gasteiger partial charge in [-0.3, -0.25) is 9.48 Å². The molecule has 0 spiro atoms. The number of nitrogens with zero attached hydrogens (tertiary/aromatic N) is 2. The maximum Gasteiger partial charge on any atom is 0.407 e. The Morgan fingerprint density at radius 2 is 2.09 bits per heavy atom. The van der Waals surface area contributed by atoms with E-state index in [0.717, 1.165) is 46.6 Å². The van der Waals surface area contributed by atoms with Crippen LogP contribution in [0.25, 0.3) is 0 Å². The molecule has 1 aromatic carbocycles. The van der Waals surface area contributed by atoms with Crippen molar-refractivity contribution in [1.29, 1.82) is 0 Å². The summed E-state index contributed by atoms with van der Waals surface area (Å²) >= 11 is 1.54. The minimum absolute atomic E-state index is 0.0351. The van der Waals surface area contributed by atoms with Gasteiger partial charge in [-0.1, -0.05) is 37.3 Å². The fourth-order valence-electron chi connectivity index (χ4n) is 4.50. The first kappa shape index (κ1) is 24.8. The third-order valence-electron chi connectivity index (χ3n) is 6.51. The van der Waals surface area contributed by atoms with Gasteiger partial charge >= 0.3 is 6.09 Å². The van der Waals surface area contributed by atoms with Gasteiger partial charge in [0.1, 0.15) is 5.00 Å². The number of nitrogens with two attached hydrogens (primary N) is 1. The van der Waals surface area contributed by atoms with E-state index in [1.807, 2.05) is 50.5 Å². The Labute approximate surface area is 209 Å². The summed E-state index contributed by atoms with van der Waals surface area (Å²) in [5, 5.41) is 10.8. The number of thiophene rings is 1. The smallest absolute Gasteiger partial charge is 0.407 e. The third kappa shape index (κ3) is 6.22. The lowest BCUT2D eigenvalue weighted by molar-refractivity contribution is -0.116. The van der Waals surface area contributed by atoms with Crippen LogP contribution in [0.3, 0.4) is 0 Å². The summed E-state index contributed by atoms with van der Waals surface area (Å²) in [7, 11) is 1.85. The quantitative estimate of drug-likeness (QED) is 0.425. The number of fused-ring (bicyclic) bond motifs is 1. The molecule has 4 N–H and O–H groups in total. The van der Waals surface area contributed by atoms with Crippen LogP contribution >= 0.6 is 11.3 Å². The molecule has 2 heterocycles. The Bertz CT molecular complexity index is 1190. The standard InChI is InChI=1S/C26H33N5O3S/c1-16(19-7-5-4-6-8-19)11-23(32)29-25-24(27)21-10-9-18(12-22(21)35-25)15-34-26(33)28-13-20-14-31(3)30-17(20)2/h4-8,14,16,18H,9-13,15,27H2,1-3H3,(H,28,33)(H,29,32). The second-order valence-electron chi connectivity index (χ2n) is 9.28. The van der Waals surface area contributed by atoms with Crippen LogP contribution in [-0.2, 0) is 36.0 Å². The lowest BCUT2D eigenvalue weighted by Gasteiger charge is -2.22. The van der Waals surface area contributed by atoms with E-state index in [4.69, 9.17) is 10.5 Å². The van der Waals surface area contributed by atoms with E-state index in [0.29, 0.717) is 25.3 Å². The number of benzene rings is 1. The van der Waals surface area contributed by atoms with Crippen molar-refractivity contribution < 1.29 is 14.3 Å². The van der Waals surface area contributed by atoms with E-state index in [2.05, 4.69) is 22.7 Å². The maximum atomic E-state index is 12.7. The normalized spacial score (nSPS) is 15.8. The predicted octanol–water partition coefficient (Wildman–Crippen LogP) is 4.54. The van der Waals surface area contributed by atoms with Crippen LogP contribution in [-0.4, -0.2) is 28.4 Å². The molecular weight excluding hydrogens is 462 g/mol. The van der Waals surface area contributed by atoms with Crippen molar-refractivity contribution in [3.8, 4) is 0 Å². The van der Waals surface area contributed by atoms with Gasteiger partial charge in [0.25, 0.3) is 0 Å². The number of nitrogens with one attached hydrogen (secondary N) is 2. The molecule has 9 heteroatoms. The lowest BCUT2D eigenvalue weighted by Crippen LogP contribution is -2.27. The van der Waals surface area contributed by atoms with Crippen LogP contribution in [0, 0.1) is 12.8 Å². The summed E-state index contributed by atoms with van der Waals surface area (Å²) in [5.74, 6) is 0.321. The number of aromatic nitrogens is 2. The van der Waals surface area contributed by atoms with E-state index in [9.17, 15) is 9.59 Å². The molecule has 4 rings (SSSR count). The molecule has 1 aliphatic carbocycles. The number of nitrogen functional groups attached to an aromatic ring is 1. The van der Waals surface area contributed by atoms with Gasteiger partial charge in [-0.15, -0.1) is 11.3 Å². The first-order valence-corrected chi connectivity index (χ1v) is 12.8. The molecule has 2 atom stereocenters. The highest BCUT2D eigenvalue weighted by Crippen LogP contribution is 2.41. The molecule has 186 valence electrons. The molecule has 2 amide bonds. The van der Waals surface area contributed by atoms with E-state index in [1.165, 1.54) is 4.88 Å². The molecule has 35 heavy (non-hydrogen) atoms. The zero-order chi connectivity index (χ0) is 24.9. The van der Waals surface area contributed by atoms with Crippen LogP contribution in [0.5, 0.6) is 0 Å². The number of anilines is 2. The third-order valence-corrected chi connectivity index (χ3v) is 7.70. The predicted molar refractivity (Wildman–Crippen MR) is 138 cm³/mol. The Hall–Kier alpha value is -3.33. The largest absolute Gasteiger partial charge is 0.449 e. The van der Waals surface area contributed by atoms with E-state index in [1.54, 1.807) is 16.0 Å². The van der Waals surface area contributed by atoms with E-state index in [-0.39, 0.29) is 17.7 Å².